The van der Waals surface area contributed by atoms with Crippen molar-refractivity contribution in [1.29, 1.82) is 0 Å². The second-order valence-electron chi connectivity index (χ2n) is 8.76. The van der Waals surface area contributed by atoms with Gasteiger partial charge in [-0.15, -0.1) is 0 Å². The minimum atomic E-state index is -1.30. The number of aromatic carboxylic acids is 2. The van der Waals surface area contributed by atoms with E-state index in [1.54, 1.807) is 16.7 Å². The molecule has 0 amide bonds. The van der Waals surface area contributed by atoms with E-state index in [1.165, 1.54) is 30.3 Å². The Hall–Kier alpha value is -4.79. The van der Waals surface area contributed by atoms with Crippen LogP contribution in [0.4, 0.5) is 0 Å². The summed E-state index contributed by atoms with van der Waals surface area (Å²) in [7, 11) is 0. The van der Waals surface area contributed by atoms with Gasteiger partial charge >= 0.3 is 11.9 Å². The van der Waals surface area contributed by atoms with Gasteiger partial charge in [-0.25, -0.2) is 9.59 Å². The van der Waals surface area contributed by atoms with Crippen LogP contribution in [-0.4, -0.2) is 38.6 Å². The van der Waals surface area contributed by atoms with Gasteiger partial charge in [0.1, 0.15) is 11.4 Å². The van der Waals surface area contributed by atoms with Gasteiger partial charge in [-0.3, -0.25) is 4.79 Å². The molecule has 9 nitrogen and oxygen atoms in total. The Morgan fingerprint density at radius 2 is 1.68 bits per heavy atom. The number of phenols is 1. The van der Waals surface area contributed by atoms with E-state index in [1.807, 2.05) is 19.1 Å². The van der Waals surface area contributed by atoms with Crippen LogP contribution >= 0.6 is 0 Å². The lowest BCUT2D eigenvalue weighted by Gasteiger charge is -2.20. The highest BCUT2D eigenvalue weighted by Crippen LogP contribution is 2.36. The third-order valence-corrected chi connectivity index (χ3v) is 6.51. The molecule has 0 fully saturated rings. The molecule has 1 aromatic heterocycles. The van der Waals surface area contributed by atoms with Gasteiger partial charge in [0.05, 0.1) is 11.1 Å². The molecule has 37 heavy (non-hydrogen) atoms. The standard InChI is InChI=1S/C28H23NO8/c1-2-16-10-23-24(37-14-36-23)11-18(16)13-29-22-7-6-19(30)12-20(22)26(31)21(25(29)28(34)35)9-15-4-3-5-17(8-15)27(32)33/h3-8,10-12,30H,2,9,13-14H2,1H3,(H,32,33)(H,34,35). The van der Waals surface area contributed by atoms with Crippen LogP contribution in [0, 0.1) is 0 Å². The maximum absolute atomic E-state index is 13.6. The van der Waals surface area contributed by atoms with Gasteiger partial charge in [0.15, 0.2) is 16.9 Å². The molecule has 9 heteroatoms. The number of rotatable bonds is 7. The third-order valence-electron chi connectivity index (χ3n) is 6.51. The number of aromatic hydroxyl groups is 1. The SMILES string of the molecule is CCc1cc2c(cc1Cn1c(C(=O)O)c(Cc3cccc(C(=O)O)c3)c(=O)c3cc(O)ccc31)OCO2. The number of phenolic OH excluding ortho intramolecular Hbond substituents is 1. The van der Waals surface area contributed by atoms with Gasteiger partial charge in [-0.2, -0.15) is 0 Å². The van der Waals surface area contributed by atoms with Crippen molar-refractivity contribution in [2.45, 2.75) is 26.3 Å². The number of carbonyl (C=O) groups is 2. The predicted molar refractivity (Wildman–Crippen MR) is 134 cm³/mol. The highest BCUT2D eigenvalue weighted by Gasteiger charge is 2.25. The zero-order valence-corrected chi connectivity index (χ0v) is 19.9. The molecule has 2 heterocycles. The molecule has 5 rings (SSSR count). The number of ether oxygens (including phenoxy) is 2. The van der Waals surface area contributed by atoms with Gasteiger partial charge in [0.2, 0.25) is 6.79 Å². The number of aryl methyl sites for hydroxylation is 1. The number of hydrogen-bond donors (Lipinski definition) is 3. The van der Waals surface area contributed by atoms with Gasteiger partial charge in [-0.05, 0) is 65.6 Å². The minimum absolute atomic E-state index is 0.00747. The summed E-state index contributed by atoms with van der Waals surface area (Å²) in [5.41, 5.74) is 1.83. The summed E-state index contributed by atoms with van der Waals surface area (Å²) >= 11 is 0. The lowest BCUT2D eigenvalue weighted by Crippen LogP contribution is -2.25. The molecule has 0 saturated carbocycles. The van der Waals surface area contributed by atoms with Crippen LogP contribution < -0.4 is 14.9 Å². The first-order valence-electron chi connectivity index (χ1n) is 11.6. The van der Waals surface area contributed by atoms with Crippen molar-refractivity contribution in [2.75, 3.05) is 6.79 Å². The van der Waals surface area contributed by atoms with Crippen molar-refractivity contribution in [3.05, 3.63) is 98.3 Å². The van der Waals surface area contributed by atoms with E-state index in [4.69, 9.17) is 9.47 Å². The fourth-order valence-corrected chi connectivity index (χ4v) is 4.76. The fraction of sp³-hybridized carbons (Fsp3) is 0.179. The molecule has 0 bridgehead atoms. The number of pyridine rings is 1. The highest BCUT2D eigenvalue weighted by molar-refractivity contribution is 5.93. The Kier molecular flexibility index (Phi) is 6.04. The van der Waals surface area contributed by atoms with Gasteiger partial charge in [0.25, 0.3) is 0 Å². The molecule has 0 radical (unpaired) electrons. The van der Waals surface area contributed by atoms with E-state index < -0.39 is 17.4 Å². The molecular formula is C28H23NO8. The number of carboxylic acid groups (broad SMARTS) is 2. The molecule has 1 aliphatic rings. The predicted octanol–water partition coefficient (Wildman–Crippen LogP) is 4.03. The van der Waals surface area contributed by atoms with Gasteiger partial charge in [0, 0.05) is 23.9 Å². The molecule has 3 aromatic carbocycles. The number of fused-ring (bicyclic) bond motifs is 2. The topological polar surface area (TPSA) is 135 Å². The van der Waals surface area contributed by atoms with Crippen molar-refractivity contribution in [1.82, 2.24) is 4.57 Å². The van der Waals surface area contributed by atoms with Crippen LogP contribution in [0.2, 0.25) is 0 Å². The van der Waals surface area contributed by atoms with Crippen molar-refractivity contribution >= 4 is 22.8 Å². The molecule has 4 aromatic rings. The van der Waals surface area contributed by atoms with Crippen LogP contribution in [0.3, 0.4) is 0 Å². The zero-order valence-electron chi connectivity index (χ0n) is 19.9. The maximum Gasteiger partial charge on any atom is 0.352 e. The second kappa shape index (κ2) is 9.34. The number of hydrogen-bond acceptors (Lipinski definition) is 6. The second-order valence-corrected chi connectivity index (χ2v) is 8.76. The summed E-state index contributed by atoms with van der Waals surface area (Å²) in [5, 5.41) is 30.0. The van der Waals surface area contributed by atoms with Gasteiger partial charge < -0.3 is 29.4 Å². The van der Waals surface area contributed by atoms with E-state index in [2.05, 4.69) is 0 Å². The van der Waals surface area contributed by atoms with E-state index in [0.717, 1.165) is 11.1 Å². The number of nitrogens with zero attached hydrogens (tertiary/aromatic N) is 1. The first kappa shape index (κ1) is 23.9. The van der Waals surface area contributed by atoms with Crippen molar-refractivity contribution in [3.63, 3.8) is 0 Å². The highest BCUT2D eigenvalue weighted by atomic mass is 16.7. The average molecular weight is 501 g/mol. The largest absolute Gasteiger partial charge is 0.508 e. The lowest BCUT2D eigenvalue weighted by molar-refractivity contribution is 0.0677. The van der Waals surface area contributed by atoms with Crippen LogP contribution in [0.5, 0.6) is 17.2 Å². The quantitative estimate of drug-likeness (QED) is 0.345. The first-order chi connectivity index (χ1) is 17.8. The molecule has 0 unspecified atom stereocenters. The number of benzene rings is 3. The monoisotopic (exact) mass is 501 g/mol. The molecule has 0 saturated heterocycles. The Morgan fingerprint density at radius 1 is 0.946 bits per heavy atom. The molecule has 0 spiro atoms. The van der Waals surface area contributed by atoms with E-state index >= 15 is 0 Å². The first-order valence-corrected chi connectivity index (χ1v) is 11.6. The third kappa shape index (κ3) is 4.35. The van der Waals surface area contributed by atoms with Crippen LogP contribution in [0.15, 0.2) is 59.4 Å². The van der Waals surface area contributed by atoms with E-state index in [0.29, 0.717) is 29.0 Å². The molecule has 3 N–H and O–H groups in total. The summed E-state index contributed by atoms with van der Waals surface area (Å²) in [5.74, 6) is -1.38. The summed E-state index contributed by atoms with van der Waals surface area (Å²) < 4.78 is 12.6. The Bertz CT molecular complexity index is 1640. The van der Waals surface area contributed by atoms with Crippen molar-refractivity contribution in [2.24, 2.45) is 0 Å². The minimum Gasteiger partial charge on any atom is -0.508 e. The average Bonchev–Trinajstić information content (AvgIpc) is 3.33. The van der Waals surface area contributed by atoms with Crippen molar-refractivity contribution in [3.8, 4) is 17.2 Å². The van der Waals surface area contributed by atoms with Crippen LogP contribution in [-0.2, 0) is 19.4 Å². The van der Waals surface area contributed by atoms with E-state index in [-0.39, 0.29) is 47.7 Å². The van der Waals surface area contributed by atoms with Crippen molar-refractivity contribution < 1.29 is 34.4 Å². The molecule has 188 valence electrons. The number of aromatic nitrogens is 1. The fourth-order valence-electron chi connectivity index (χ4n) is 4.76. The summed E-state index contributed by atoms with van der Waals surface area (Å²) in [6.45, 7) is 2.19. The van der Waals surface area contributed by atoms with Crippen LogP contribution in [0.25, 0.3) is 10.9 Å². The maximum atomic E-state index is 13.6. The molecular weight excluding hydrogens is 478 g/mol. The molecule has 0 aliphatic carbocycles. The van der Waals surface area contributed by atoms with Gasteiger partial charge in [-0.1, -0.05) is 19.1 Å². The smallest absolute Gasteiger partial charge is 0.352 e. The lowest BCUT2D eigenvalue weighted by atomic mass is 9.97. The molecule has 0 atom stereocenters. The normalized spacial score (nSPS) is 12.1. The van der Waals surface area contributed by atoms with Crippen LogP contribution in [0.1, 0.15) is 50.0 Å². The van der Waals surface area contributed by atoms with E-state index in [9.17, 15) is 29.7 Å². The Balaban J connectivity index is 1.75. The summed E-state index contributed by atoms with van der Waals surface area (Å²) in [6.07, 6.45) is 0.553. The number of carboxylic acids is 2. The zero-order chi connectivity index (χ0) is 26.3. The molecule has 1 aliphatic heterocycles. The summed E-state index contributed by atoms with van der Waals surface area (Å²) in [6, 6.07) is 13.9. The summed E-state index contributed by atoms with van der Waals surface area (Å²) in [4.78, 5) is 37.7. The Labute approximate surface area is 210 Å². The Morgan fingerprint density at radius 3 is 2.35 bits per heavy atom.